The van der Waals surface area contributed by atoms with Crippen LogP contribution in [0.2, 0.25) is 0 Å². The molecule has 2 heterocycles. The van der Waals surface area contributed by atoms with E-state index in [1.165, 1.54) is 9.56 Å². The molecule has 0 atom stereocenters. The van der Waals surface area contributed by atoms with Crippen LogP contribution >= 0.6 is 43.2 Å². The van der Waals surface area contributed by atoms with Crippen LogP contribution in [0.15, 0.2) is 44.0 Å². The van der Waals surface area contributed by atoms with E-state index in [2.05, 4.69) is 54.9 Å². The Balaban J connectivity index is 2.01. The van der Waals surface area contributed by atoms with Crippen LogP contribution in [0.1, 0.15) is 4.88 Å². The SMILES string of the molecule is C=CCn1ncc(NCCc2ccc(Br)s2)c(Br)c1=O. The minimum absolute atomic E-state index is 0.159. The van der Waals surface area contributed by atoms with E-state index in [0.717, 1.165) is 16.8 Å². The molecular formula is C13H13Br2N3OS. The third-order valence-corrected chi connectivity index (χ3v) is 5.05. The minimum Gasteiger partial charge on any atom is -0.382 e. The van der Waals surface area contributed by atoms with E-state index in [9.17, 15) is 4.79 Å². The molecule has 0 spiro atoms. The van der Waals surface area contributed by atoms with Crippen molar-refractivity contribution in [3.8, 4) is 0 Å². The molecule has 4 nitrogen and oxygen atoms in total. The lowest BCUT2D eigenvalue weighted by atomic mass is 10.3. The summed E-state index contributed by atoms with van der Waals surface area (Å²) in [6, 6.07) is 4.12. The van der Waals surface area contributed by atoms with Gasteiger partial charge in [0.1, 0.15) is 4.47 Å². The maximum absolute atomic E-state index is 12.0. The van der Waals surface area contributed by atoms with Gasteiger partial charge in [-0.2, -0.15) is 5.10 Å². The molecule has 2 aromatic heterocycles. The Morgan fingerprint density at radius 1 is 1.45 bits per heavy atom. The van der Waals surface area contributed by atoms with E-state index < -0.39 is 0 Å². The van der Waals surface area contributed by atoms with E-state index in [0.29, 0.717) is 16.7 Å². The Morgan fingerprint density at radius 2 is 2.25 bits per heavy atom. The lowest BCUT2D eigenvalue weighted by Gasteiger charge is -2.09. The normalized spacial score (nSPS) is 10.5. The lowest BCUT2D eigenvalue weighted by molar-refractivity contribution is 0.649. The van der Waals surface area contributed by atoms with Crippen molar-refractivity contribution >= 4 is 48.9 Å². The number of nitrogens with one attached hydrogen (secondary N) is 1. The molecular weight excluding hydrogens is 406 g/mol. The molecule has 2 rings (SSSR count). The summed E-state index contributed by atoms with van der Waals surface area (Å²) in [5.41, 5.74) is 0.555. The van der Waals surface area contributed by atoms with Crippen molar-refractivity contribution in [1.29, 1.82) is 0 Å². The lowest BCUT2D eigenvalue weighted by Crippen LogP contribution is -2.24. The summed E-state index contributed by atoms with van der Waals surface area (Å²) in [6.07, 6.45) is 4.19. The van der Waals surface area contributed by atoms with Gasteiger partial charge in [0.05, 0.1) is 22.2 Å². The van der Waals surface area contributed by atoms with Crippen LogP contribution in [0.4, 0.5) is 5.69 Å². The molecule has 0 amide bonds. The summed E-state index contributed by atoms with van der Waals surface area (Å²) in [7, 11) is 0. The van der Waals surface area contributed by atoms with Crippen LogP contribution in [-0.2, 0) is 13.0 Å². The summed E-state index contributed by atoms with van der Waals surface area (Å²) in [6.45, 7) is 4.75. The number of nitrogens with zero attached hydrogens (tertiary/aromatic N) is 2. The molecule has 0 aliphatic rings. The summed E-state index contributed by atoms with van der Waals surface area (Å²) in [5.74, 6) is 0. The van der Waals surface area contributed by atoms with E-state index in [1.807, 2.05) is 6.07 Å². The molecule has 106 valence electrons. The molecule has 0 bridgehead atoms. The van der Waals surface area contributed by atoms with E-state index in [1.54, 1.807) is 23.6 Å². The van der Waals surface area contributed by atoms with Crippen LogP contribution in [0.5, 0.6) is 0 Å². The average molecular weight is 419 g/mol. The van der Waals surface area contributed by atoms with Crippen molar-refractivity contribution in [1.82, 2.24) is 9.78 Å². The highest BCUT2D eigenvalue weighted by Crippen LogP contribution is 2.22. The molecule has 2 aromatic rings. The van der Waals surface area contributed by atoms with Crippen molar-refractivity contribution in [2.24, 2.45) is 0 Å². The molecule has 0 fully saturated rings. The van der Waals surface area contributed by atoms with Gasteiger partial charge in [-0.3, -0.25) is 4.79 Å². The first kappa shape index (κ1) is 15.5. The molecule has 20 heavy (non-hydrogen) atoms. The van der Waals surface area contributed by atoms with Gasteiger partial charge in [0, 0.05) is 11.4 Å². The van der Waals surface area contributed by atoms with E-state index in [-0.39, 0.29) is 5.56 Å². The molecule has 7 heteroatoms. The van der Waals surface area contributed by atoms with Crippen LogP contribution in [0.3, 0.4) is 0 Å². The summed E-state index contributed by atoms with van der Waals surface area (Å²) < 4.78 is 2.99. The largest absolute Gasteiger partial charge is 0.382 e. The minimum atomic E-state index is -0.159. The van der Waals surface area contributed by atoms with Gasteiger partial charge in [-0.05, 0) is 50.4 Å². The van der Waals surface area contributed by atoms with Crippen molar-refractivity contribution in [2.45, 2.75) is 13.0 Å². The summed E-state index contributed by atoms with van der Waals surface area (Å²) in [5, 5.41) is 7.32. The second-order valence-electron chi connectivity index (χ2n) is 4.03. The zero-order valence-corrected chi connectivity index (χ0v) is 14.6. The second kappa shape index (κ2) is 7.19. The average Bonchev–Trinajstić information content (AvgIpc) is 2.84. The fourth-order valence-corrected chi connectivity index (χ4v) is 3.58. The van der Waals surface area contributed by atoms with Crippen molar-refractivity contribution in [3.05, 3.63) is 54.5 Å². The molecule has 0 aromatic carbocycles. The van der Waals surface area contributed by atoms with Gasteiger partial charge in [-0.15, -0.1) is 17.9 Å². The van der Waals surface area contributed by atoms with Gasteiger partial charge in [-0.1, -0.05) is 6.08 Å². The zero-order valence-electron chi connectivity index (χ0n) is 10.6. The monoisotopic (exact) mass is 417 g/mol. The van der Waals surface area contributed by atoms with Gasteiger partial charge >= 0.3 is 0 Å². The summed E-state index contributed by atoms with van der Waals surface area (Å²) in [4.78, 5) is 13.3. The zero-order chi connectivity index (χ0) is 14.5. The van der Waals surface area contributed by atoms with Crippen molar-refractivity contribution in [2.75, 3.05) is 11.9 Å². The first-order valence-corrected chi connectivity index (χ1v) is 8.36. The molecule has 0 aliphatic carbocycles. The summed E-state index contributed by atoms with van der Waals surface area (Å²) >= 11 is 8.47. The standard InChI is InChI=1S/C13H13Br2N3OS/c1-2-7-18-13(19)12(15)10(8-17-18)16-6-5-9-3-4-11(14)20-9/h2-4,8,16H,1,5-7H2. The smallest absolute Gasteiger partial charge is 0.283 e. The predicted octanol–water partition coefficient (Wildman–Crippen LogP) is 3.67. The number of rotatable bonds is 6. The van der Waals surface area contributed by atoms with E-state index >= 15 is 0 Å². The maximum Gasteiger partial charge on any atom is 0.283 e. The molecule has 0 unspecified atom stereocenters. The number of hydrogen-bond acceptors (Lipinski definition) is 4. The molecule has 0 radical (unpaired) electrons. The number of hydrogen-bond donors (Lipinski definition) is 1. The van der Waals surface area contributed by atoms with Gasteiger partial charge in [0.2, 0.25) is 0 Å². The number of thiophene rings is 1. The Labute approximate surface area is 137 Å². The van der Waals surface area contributed by atoms with Gasteiger partial charge in [0.25, 0.3) is 5.56 Å². The molecule has 0 saturated heterocycles. The third kappa shape index (κ3) is 3.80. The Morgan fingerprint density at radius 3 is 2.90 bits per heavy atom. The van der Waals surface area contributed by atoms with Gasteiger partial charge < -0.3 is 5.32 Å². The number of aromatic nitrogens is 2. The predicted molar refractivity (Wildman–Crippen MR) is 90.6 cm³/mol. The number of halogens is 2. The highest BCUT2D eigenvalue weighted by Gasteiger charge is 2.07. The van der Waals surface area contributed by atoms with Crippen LogP contribution in [0.25, 0.3) is 0 Å². The topological polar surface area (TPSA) is 46.9 Å². The van der Waals surface area contributed by atoms with E-state index in [4.69, 9.17) is 0 Å². The third-order valence-electron chi connectivity index (χ3n) is 2.60. The second-order valence-corrected chi connectivity index (χ2v) is 7.37. The Bertz CT molecular complexity index is 666. The van der Waals surface area contributed by atoms with Gasteiger partial charge in [-0.25, -0.2) is 4.68 Å². The van der Waals surface area contributed by atoms with Crippen LogP contribution < -0.4 is 10.9 Å². The van der Waals surface area contributed by atoms with Crippen LogP contribution in [-0.4, -0.2) is 16.3 Å². The van der Waals surface area contributed by atoms with Gasteiger partial charge in [0.15, 0.2) is 0 Å². The fraction of sp³-hybridized carbons (Fsp3) is 0.231. The fourth-order valence-electron chi connectivity index (χ4n) is 1.65. The Kier molecular flexibility index (Phi) is 5.56. The number of anilines is 1. The Hall–Kier alpha value is -0.920. The maximum atomic E-state index is 12.0. The van der Waals surface area contributed by atoms with Crippen molar-refractivity contribution < 1.29 is 0 Å². The van der Waals surface area contributed by atoms with Crippen molar-refractivity contribution in [3.63, 3.8) is 0 Å². The van der Waals surface area contributed by atoms with Crippen LogP contribution in [0, 0.1) is 0 Å². The molecule has 1 N–H and O–H groups in total. The highest BCUT2D eigenvalue weighted by molar-refractivity contribution is 9.11. The quantitative estimate of drug-likeness (QED) is 0.728. The number of allylic oxidation sites excluding steroid dienone is 1. The first-order valence-electron chi connectivity index (χ1n) is 5.96. The highest BCUT2D eigenvalue weighted by atomic mass is 79.9. The molecule has 0 aliphatic heterocycles. The molecule has 0 saturated carbocycles. The first-order chi connectivity index (χ1) is 9.61.